The molecule has 1 amide bonds. The van der Waals surface area contributed by atoms with Crippen LogP contribution < -0.4 is 15.4 Å². The van der Waals surface area contributed by atoms with Crippen molar-refractivity contribution in [2.45, 2.75) is 18.6 Å². The Morgan fingerprint density at radius 1 is 1.42 bits per heavy atom. The molecule has 0 saturated carbocycles. The summed E-state index contributed by atoms with van der Waals surface area (Å²) < 4.78 is 43.3. The zero-order chi connectivity index (χ0) is 14.2. The Bertz CT molecular complexity index is 502. The van der Waals surface area contributed by atoms with E-state index in [1.807, 2.05) is 0 Å². The number of benzene rings is 1. The number of methoxy groups -OCH3 is 1. The minimum atomic E-state index is -4.54. The lowest BCUT2D eigenvalue weighted by molar-refractivity contribution is -0.138. The average Bonchev–Trinajstić information content (AvgIpc) is 2.66. The number of alkyl halides is 3. The number of anilines is 1. The molecule has 0 bridgehead atoms. The van der Waals surface area contributed by atoms with Gasteiger partial charge >= 0.3 is 6.18 Å². The monoisotopic (exact) mass is 274 g/mol. The molecule has 4 nitrogen and oxygen atoms in total. The minimum Gasteiger partial charge on any atom is -0.496 e. The van der Waals surface area contributed by atoms with Gasteiger partial charge in [-0.1, -0.05) is 0 Å². The second-order valence-corrected chi connectivity index (χ2v) is 4.35. The maximum Gasteiger partial charge on any atom is 0.420 e. The highest BCUT2D eigenvalue weighted by Gasteiger charge is 2.36. The van der Waals surface area contributed by atoms with Crippen LogP contribution in [0, 0.1) is 0 Å². The Kier molecular flexibility index (Phi) is 3.40. The number of carbonyl (C=O) groups is 1. The molecule has 0 spiro atoms. The summed E-state index contributed by atoms with van der Waals surface area (Å²) in [6.07, 6.45) is -4.39. The largest absolute Gasteiger partial charge is 0.496 e. The fourth-order valence-corrected chi connectivity index (χ4v) is 2.07. The highest BCUT2D eigenvalue weighted by molar-refractivity contribution is 5.96. The number of hydrogen-bond donors (Lipinski definition) is 1. The molecule has 0 aliphatic carbocycles. The van der Waals surface area contributed by atoms with E-state index in [1.54, 1.807) is 0 Å². The van der Waals surface area contributed by atoms with Crippen LogP contribution in [0.2, 0.25) is 0 Å². The summed E-state index contributed by atoms with van der Waals surface area (Å²) >= 11 is 0. The number of nitrogens with two attached hydrogens (primary N) is 1. The van der Waals surface area contributed by atoms with Crippen LogP contribution in [0.3, 0.4) is 0 Å². The Morgan fingerprint density at radius 2 is 2.11 bits per heavy atom. The van der Waals surface area contributed by atoms with Crippen molar-refractivity contribution >= 4 is 11.6 Å². The Balaban J connectivity index is 2.41. The van der Waals surface area contributed by atoms with Gasteiger partial charge in [0.25, 0.3) is 0 Å². The van der Waals surface area contributed by atoms with Crippen molar-refractivity contribution in [3.05, 3.63) is 23.8 Å². The van der Waals surface area contributed by atoms with Crippen molar-refractivity contribution in [2.75, 3.05) is 18.6 Å². The van der Waals surface area contributed by atoms with Gasteiger partial charge in [-0.3, -0.25) is 4.79 Å². The van der Waals surface area contributed by atoms with Gasteiger partial charge in [-0.15, -0.1) is 0 Å². The third kappa shape index (κ3) is 2.65. The molecule has 1 heterocycles. The van der Waals surface area contributed by atoms with Crippen LogP contribution in [0.4, 0.5) is 18.9 Å². The molecule has 7 heteroatoms. The number of ether oxygens (including phenoxy) is 1. The van der Waals surface area contributed by atoms with Crippen molar-refractivity contribution in [3.8, 4) is 5.75 Å². The molecule has 0 aromatic heterocycles. The van der Waals surface area contributed by atoms with Gasteiger partial charge in [0.15, 0.2) is 0 Å². The van der Waals surface area contributed by atoms with Crippen molar-refractivity contribution in [1.29, 1.82) is 0 Å². The second kappa shape index (κ2) is 4.73. The molecule has 1 atom stereocenters. The van der Waals surface area contributed by atoms with Crippen molar-refractivity contribution in [1.82, 2.24) is 0 Å². The maximum atomic E-state index is 12.9. The van der Waals surface area contributed by atoms with E-state index in [9.17, 15) is 18.0 Å². The van der Waals surface area contributed by atoms with Gasteiger partial charge in [0.2, 0.25) is 5.91 Å². The quantitative estimate of drug-likeness (QED) is 0.894. The molecular weight excluding hydrogens is 261 g/mol. The van der Waals surface area contributed by atoms with Crippen molar-refractivity contribution in [3.63, 3.8) is 0 Å². The third-order valence-electron chi connectivity index (χ3n) is 2.96. The normalized spacial score (nSPS) is 19.9. The molecule has 104 valence electrons. The van der Waals surface area contributed by atoms with Crippen molar-refractivity contribution < 1.29 is 22.7 Å². The van der Waals surface area contributed by atoms with Gasteiger partial charge in [0.1, 0.15) is 5.75 Å². The SMILES string of the molecule is COc1ccc(N2CC(N)CC2=O)cc1C(F)(F)F. The Labute approximate surface area is 107 Å². The molecule has 1 aromatic rings. The molecule has 1 aromatic carbocycles. The first-order valence-corrected chi connectivity index (χ1v) is 5.64. The first-order chi connectivity index (χ1) is 8.82. The van der Waals surface area contributed by atoms with E-state index in [-0.39, 0.29) is 36.4 Å². The van der Waals surface area contributed by atoms with E-state index in [2.05, 4.69) is 4.74 Å². The number of rotatable bonds is 2. The number of nitrogens with zero attached hydrogens (tertiary/aromatic N) is 1. The minimum absolute atomic E-state index is 0.146. The van der Waals surface area contributed by atoms with Gasteiger partial charge < -0.3 is 15.4 Å². The summed E-state index contributed by atoms with van der Waals surface area (Å²) in [4.78, 5) is 12.9. The van der Waals surface area contributed by atoms with Crippen LogP contribution in [0.25, 0.3) is 0 Å². The molecule has 2 rings (SSSR count). The fourth-order valence-electron chi connectivity index (χ4n) is 2.07. The van der Waals surface area contributed by atoms with Crippen LogP contribution in [0.1, 0.15) is 12.0 Å². The lowest BCUT2D eigenvalue weighted by atomic mass is 10.1. The van der Waals surface area contributed by atoms with E-state index in [0.717, 1.165) is 6.07 Å². The summed E-state index contributed by atoms with van der Waals surface area (Å²) in [5.41, 5.74) is 4.91. The van der Waals surface area contributed by atoms with E-state index in [0.29, 0.717) is 0 Å². The average molecular weight is 274 g/mol. The zero-order valence-electron chi connectivity index (χ0n) is 10.2. The van der Waals surface area contributed by atoms with Gasteiger partial charge in [-0.25, -0.2) is 0 Å². The first kappa shape index (κ1) is 13.7. The van der Waals surface area contributed by atoms with Crippen LogP contribution in [-0.4, -0.2) is 25.6 Å². The maximum absolute atomic E-state index is 12.9. The van der Waals surface area contributed by atoms with E-state index in [4.69, 9.17) is 5.73 Å². The Hall–Kier alpha value is -1.76. The fraction of sp³-hybridized carbons (Fsp3) is 0.417. The van der Waals surface area contributed by atoms with E-state index >= 15 is 0 Å². The first-order valence-electron chi connectivity index (χ1n) is 5.64. The van der Waals surface area contributed by atoms with Gasteiger partial charge in [0, 0.05) is 24.7 Å². The van der Waals surface area contributed by atoms with Gasteiger partial charge in [-0.05, 0) is 18.2 Å². The standard InChI is InChI=1S/C12H13F3N2O2/c1-19-10-3-2-8(5-9(10)12(13,14)15)17-6-7(16)4-11(17)18/h2-3,5,7H,4,6,16H2,1H3. The highest BCUT2D eigenvalue weighted by Crippen LogP contribution is 2.38. The van der Waals surface area contributed by atoms with Gasteiger partial charge in [-0.2, -0.15) is 13.2 Å². The molecule has 1 aliphatic heterocycles. The molecule has 2 N–H and O–H groups in total. The molecular formula is C12H13F3N2O2. The topological polar surface area (TPSA) is 55.6 Å². The summed E-state index contributed by atoms with van der Waals surface area (Å²) in [7, 11) is 1.17. The third-order valence-corrected chi connectivity index (χ3v) is 2.96. The van der Waals surface area contributed by atoms with Crippen LogP contribution in [0.15, 0.2) is 18.2 Å². The van der Waals surface area contributed by atoms with Crippen molar-refractivity contribution in [2.24, 2.45) is 5.73 Å². The lowest BCUT2D eigenvalue weighted by Gasteiger charge is -2.19. The molecule has 1 unspecified atom stereocenters. The van der Waals surface area contributed by atoms with E-state index < -0.39 is 11.7 Å². The van der Waals surface area contributed by atoms with E-state index in [1.165, 1.54) is 24.1 Å². The lowest BCUT2D eigenvalue weighted by Crippen LogP contribution is -2.28. The summed E-state index contributed by atoms with van der Waals surface area (Å²) in [6, 6.07) is 3.19. The molecule has 1 fully saturated rings. The smallest absolute Gasteiger partial charge is 0.420 e. The zero-order valence-corrected chi connectivity index (χ0v) is 10.2. The molecule has 19 heavy (non-hydrogen) atoms. The summed E-state index contributed by atoms with van der Waals surface area (Å²) in [5, 5.41) is 0. The molecule has 0 radical (unpaired) electrons. The summed E-state index contributed by atoms with van der Waals surface area (Å²) in [6.45, 7) is 0.225. The highest BCUT2D eigenvalue weighted by atomic mass is 19.4. The second-order valence-electron chi connectivity index (χ2n) is 4.35. The molecule has 1 saturated heterocycles. The predicted molar refractivity (Wildman–Crippen MR) is 62.9 cm³/mol. The number of halogens is 3. The summed E-state index contributed by atoms with van der Waals surface area (Å²) in [5.74, 6) is -0.544. The Morgan fingerprint density at radius 3 is 2.58 bits per heavy atom. The number of amides is 1. The molecule has 1 aliphatic rings. The van der Waals surface area contributed by atoms with Crippen LogP contribution in [-0.2, 0) is 11.0 Å². The van der Waals surface area contributed by atoms with Crippen LogP contribution >= 0.6 is 0 Å². The van der Waals surface area contributed by atoms with Crippen LogP contribution in [0.5, 0.6) is 5.75 Å². The number of hydrogen-bond acceptors (Lipinski definition) is 3. The predicted octanol–water partition coefficient (Wildman–Crippen LogP) is 1.78. The van der Waals surface area contributed by atoms with Gasteiger partial charge in [0.05, 0.1) is 12.7 Å². The number of carbonyl (C=O) groups excluding carboxylic acids is 1.